The summed E-state index contributed by atoms with van der Waals surface area (Å²) in [5.41, 5.74) is 3.06. The predicted octanol–water partition coefficient (Wildman–Crippen LogP) is 8.59. The lowest BCUT2D eigenvalue weighted by Crippen LogP contribution is -2.30. The number of hydrogen-bond donors (Lipinski definition) is 0. The van der Waals surface area contributed by atoms with Crippen LogP contribution in [0.15, 0.2) is 66.7 Å². The van der Waals surface area contributed by atoms with Gasteiger partial charge in [-0.15, -0.1) is 0 Å². The van der Waals surface area contributed by atoms with E-state index in [2.05, 4.69) is 6.92 Å². The highest BCUT2D eigenvalue weighted by Crippen LogP contribution is 2.32. The van der Waals surface area contributed by atoms with E-state index >= 15 is 4.39 Å². The molecule has 0 saturated carbocycles. The first-order valence-corrected chi connectivity index (χ1v) is 12.7. The van der Waals surface area contributed by atoms with Gasteiger partial charge in [0.05, 0.1) is 13.2 Å². The molecule has 190 valence electrons. The third kappa shape index (κ3) is 6.08. The van der Waals surface area contributed by atoms with Crippen molar-refractivity contribution in [2.45, 2.75) is 58.2 Å². The second-order valence-electron chi connectivity index (χ2n) is 9.26. The van der Waals surface area contributed by atoms with Crippen LogP contribution < -0.4 is 0 Å². The van der Waals surface area contributed by atoms with Gasteiger partial charge >= 0.3 is 0 Å². The van der Waals surface area contributed by atoms with Gasteiger partial charge in [0.15, 0.2) is 17.9 Å². The van der Waals surface area contributed by atoms with Crippen LogP contribution in [0.3, 0.4) is 0 Å². The molecule has 0 aromatic heterocycles. The molecule has 4 rings (SSSR count). The van der Waals surface area contributed by atoms with Crippen molar-refractivity contribution in [3.05, 3.63) is 95.3 Å². The molecule has 2 nitrogen and oxygen atoms in total. The number of benzene rings is 3. The van der Waals surface area contributed by atoms with Crippen LogP contribution in [-0.2, 0) is 15.9 Å². The highest BCUT2D eigenvalue weighted by atomic mass is 19.2. The van der Waals surface area contributed by atoms with Crippen molar-refractivity contribution in [3.63, 3.8) is 0 Å². The van der Waals surface area contributed by atoms with Crippen molar-refractivity contribution >= 4 is 0 Å². The number of unbranched alkanes of at least 4 members (excludes halogenated alkanes) is 1. The van der Waals surface area contributed by atoms with Crippen LogP contribution in [0.5, 0.6) is 0 Å². The van der Waals surface area contributed by atoms with Crippen LogP contribution in [0.1, 0.15) is 56.6 Å². The van der Waals surface area contributed by atoms with Gasteiger partial charge in [0.2, 0.25) is 0 Å². The topological polar surface area (TPSA) is 18.5 Å². The lowest BCUT2D eigenvalue weighted by molar-refractivity contribution is -0.190. The van der Waals surface area contributed by atoms with Crippen LogP contribution in [0.4, 0.5) is 13.2 Å². The third-order valence-electron chi connectivity index (χ3n) is 6.71. The maximum Gasteiger partial charge on any atom is 0.166 e. The van der Waals surface area contributed by atoms with E-state index in [0.29, 0.717) is 48.3 Å². The minimum atomic E-state index is -0.856. The summed E-state index contributed by atoms with van der Waals surface area (Å²) < 4.78 is 56.0. The Labute approximate surface area is 211 Å². The van der Waals surface area contributed by atoms with Gasteiger partial charge in [-0.1, -0.05) is 74.0 Å². The lowest BCUT2D eigenvalue weighted by atomic mass is 9.94. The van der Waals surface area contributed by atoms with Crippen molar-refractivity contribution < 1.29 is 22.6 Å². The number of ether oxygens (including phenoxy) is 2. The molecule has 1 fully saturated rings. The molecule has 0 unspecified atom stereocenters. The molecule has 3 aromatic carbocycles. The van der Waals surface area contributed by atoms with Gasteiger partial charge < -0.3 is 9.47 Å². The highest BCUT2D eigenvalue weighted by Gasteiger charge is 2.24. The monoisotopic (exact) mass is 494 g/mol. The zero-order valence-corrected chi connectivity index (χ0v) is 20.9. The van der Waals surface area contributed by atoms with Crippen molar-refractivity contribution in [2.24, 2.45) is 0 Å². The molecule has 0 spiro atoms. The molecule has 0 amide bonds. The molecule has 1 heterocycles. The van der Waals surface area contributed by atoms with Crippen LogP contribution in [0.25, 0.3) is 22.3 Å². The second-order valence-corrected chi connectivity index (χ2v) is 9.26. The molecule has 1 saturated heterocycles. The maximum atomic E-state index is 15.1. The van der Waals surface area contributed by atoms with E-state index in [1.807, 2.05) is 25.1 Å². The van der Waals surface area contributed by atoms with E-state index in [4.69, 9.17) is 9.47 Å². The Morgan fingerprint density at radius 1 is 0.861 bits per heavy atom. The summed E-state index contributed by atoms with van der Waals surface area (Å²) in [6.07, 6.45) is 7.78. The van der Waals surface area contributed by atoms with Gasteiger partial charge in [-0.3, -0.25) is 0 Å². The van der Waals surface area contributed by atoms with Crippen LogP contribution >= 0.6 is 0 Å². The fourth-order valence-corrected chi connectivity index (χ4v) is 4.53. The smallest absolute Gasteiger partial charge is 0.166 e. The maximum absolute atomic E-state index is 15.1. The molecule has 1 aliphatic rings. The molecule has 0 radical (unpaired) electrons. The summed E-state index contributed by atoms with van der Waals surface area (Å²) in [7, 11) is 0. The largest absolute Gasteiger partial charge is 0.352 e. The summed E-state index contributed by atoms with van der Waals surface area (Å²) in [6, 6.07) is 15.3. The molecular formula is C31H33F3O2. The molecule has 5 heteroatoms. The van der Waals surface area contributed by atoms with E-state index in [0.717, 1.165) is 24.8 Å². The average molecular weight is 495 g/mol. The SMILES string of the molecule is CC=CCCc1ccc(-c2ccc(-c3ccc(C4COC(CCCC)OC4)cc3F)cc2)c(F)c1F. The quantitative estimate of drug-likeness (QED) is 0.277. The van der Waals surface area contributed by atoms with Crippen molar-refractivity contribution in [1.82, 2.24) is 0 Å². The molecule has 0 N–H and O–H groups in total. The summed E-state index contributed by atoms with van der Waals surface area (Å²) in [6.45, 7) is 5.05. The minimum absolute atomic E-state index is 0.00681. The van der Waals surface area contributed by atoms with Gasteiger partial charge in [0, 0.05) is 17.0 Å². The van der Waals surface area contributed by atoms with E-state index in [-0.39, 0.29) is 23.6 Å². The fraction of sp³-hybridized carbons (Fsp3) is 0.355. The Hall–Kier alpha value is -2.89. The Bertz CT molecular complexity index is 1180. The first kappa shape index (κ1) is 26.2. The fourth-order valence-electron chi connectivity index (χ4n) is 4.53. The molecule has 1 aliphatic heterocycles. The number of halogens is 3. The molecule has 36 heavy (non-hydrogen) atoms. The van der Waals surface area contributed by atoms with Crippen LogP contribution in [-0.4, -0.2) is 19.5 Å². The first-order valence-electron chi connectivity index (χ1n) is 12.7. The Morgan fingerprint density at radius 3 is 2.17 bits per heavy atom. The Kier molecular flexibility index (Phi) is 9.00. The number of allylic oxidation sites excluding steroid dienone is 2. The van der Waals surface area contributed by atoms with E-state index in [1.165, 1.54) is 6.07 Å². The van der Waals surface area contributed by atoms with Crippen molar-refractivity contribution in [2.75, 3.05) is 13.2 Å². The summed E-state index contributed by atoms with van der Waals surface area (Å²) in [5, 5.41) is 0. The van der Waals surface area contributed by atoms with E-state index in [1.54, 1.807) is 42.5 Å². The lowest BCUT2D eigenvalue weighted by Gasteiger charge is -2.29. The number of hydrogen-bond acceptors (Lipinski definition) is 2. The molecular weight excluding hydrogens is 461 g/mol. The number of rotatable bonds is 9. The van der Waals surface area contributed by atoms with Crippen molar-refractivity contribution in [1.29, 1.82) is 0 Å². The van der Waals surface area contributed by atoms with E-state index in [9.17, 15) is 8.78 Å². The molecule has 0 bridgehead atoms. The summed E-state index contributed by atoms with van der Waals surface area (Å²) >= 11 is 0. The highest BCUT2D eigenvalue weighted by molar-refractivity contribution is 5.71. The Balaban J connectivity index is 1.46. The standard InChI is InChI=1S/C31H33F3O2/c1-3-5-7-8-23-14-17-27(31(34)30(23)33)22-12-10-21(11-13-22)26-16-15-24(18-28(26)32)25-19-35-29(36-20-25)9-6-4-2/h3,5,10-18,25,29H,4,6-9,19-20H2,1-2H3. The zero-order chi connectivity index (χ0) is 25.5. The predicted molar refractivity (Wildman–Crippen MR) is 138 cm³/mol. The van der Waals surface area contributed by atoms with Gasteiger partial charge in [-0.2, -0.15) is 0 Å². The summed E-state index contributed by atoms with van der Waals surface area (Å²) in [4.78, 5) is 0. The second kappa shape index (κ2) is 12.4. The minimum Gasteiger partial charge on any atom is -0.352 e. The van der Waals surface area contributed by atoms with Gasteiger partial charge in [-0.05, 0) is 60.9 Å². The van der Waals surface area contributed by atoms with Gasteiger partial charge in [0.1, 0.15) is 5.82 Å². The summed E-state index contributed by atoms with van der Waals surface area (Å²) in [5.74, 6) is -2.01. The average Bonchev–Trinajstić information content (AvgIpc) is 2.90. The van der Waals surface area contributed by atoms with Gasteiger partial charge in [0.25, 0.3) is 0 Å². The number of aryl methyl sites for hydroxylation is 1. The van der Waals surface area contributed by atoms with Gasteiger partial charge in [-0.25, -0.2) is 13.2 Å². The molecule has 0 aliphatic carbocycles. The molecule has 0 atom stereocenters. The van der Waals surface area contributed by atoms with Crippen LogP contribution in [0, 0.1) is 17.5 Å². The van der Waals surface area contributed by atoms with E-state index < -0.39 is 11.6 Å². The zero-order valence-electron chi connectivity index (χ0n) is 20.9. The van der Waals surface area contributed by atoms with Crippen molar-refractivity contribution in [3.8, 4) is 22.3 Å². The van der Waals surface area contributed by atoms with Crippen LogP contribution in [0.2, 0.25) is 0 Å². The molecule has 3 aromatic rings. The Morgan fingerprint density at radius 2 is 1.53 bits per heavy atom. The third-order valence-corrected chi connectivity index (χ3v) is 6.71. The normalized spacial score (nSPS) is 18.1. The first-order chi connectivity index (χ1) is 17.5.